The van der Waals surface area contributed by atoms with Crippen molar-refractivity contribution >= 4 is 44.2 Å². The van der Waals surface area contributed by atoms with Crippen LogP contribution >= 0.6 is 23.1 Å². The van der Waals surface area contributed by atoms with Crippen LogP contribution in [0.25, 0.3) is 0 Å². The molecule has 1 amide bonds. The maximum atomic E-state index is 12.6. The molecular weight excluding hydrogens is 352 g/mol. The number of amidine groups is 1. The second kappa shape index (κ2) is 6.46. The van der Waals surface area contributed by atoms with Gasteiger partial charge in [0.15, 0.2) is 5.17 Å². The molecule has 2 heterocycles. The van der Waals surface area contributed by atoms with Gasteiger partial charge in [-0.25, -0.2) is 0 Å². The first-order chi connectivity index (χ1) is 11.0. The van der Waals surface area contributed by atoms with Crippen LogP contribution < -0.4 is 0 Å². The molecule has 5 nitrogen and oxygen atoms in total. The van der Waals surface area contributed by atoms with E-state index >= 15 is 0 Å². The summed E-state index contributed by atoms with van der Waals surface area (Å²) in [6, 6.07) is 12.5. The molecule has 1 saturated heterocycles. The molecule has 1 aromatic carbocycles. The fourth-order valence-electron chi connectivity index (χ4n) is 2.21. The average Bonchev–Trinajstić information content (AvgIpc) is 3.17. The monoisotopic (exact) mass is 366 g/mol. The summed E-state index contributed by atoms with van der Waals surface area (Å²) >= 11 is 2.29. The molecule has 0 saturated carbocycles. The van der Waals surface area contributed by atoms with Crippen LogP contribution in [-0.4, -0.2) is 30.9 Å². The topological polar surface area (TPSA) is 66.8 Å². The highest BCUT2D eigenvalue weighted by Gasteiger charge is 2.39. The first kappa shape index (κ1) is 16.2. The van der Waals surface area contributed by atoms with Gasteiger partial charge < -0.3 is 0 Å². The molecule has 8 heteroatoms. The number of sulfonamides is 1. The summed E-state index contributed by atoms with van der Waals surface area (Å²) in [4.78, 5) is 14.0. The number of carbonyl (C=O) groups is 1. The van der Waals surface area contributed by atoms with Crippen molar-refractivity contribution in [2.24, 2.45) is 4.40 Å². The Morgan fingerprint density at radius 1 is 1.17 bits per heavy atom. The molecule has 1 fully saturated rings. The molecule has 0 bridgehead atoms. The van der Waals surface area contributed by atoms with Crippen molar-refractivity contribution in [3.05, 3.63) is 53.4 Å². The predicted octanol–water partition coefficient (Wildman–Crippen LogP) is 3.13. The number of hydrogen-bond donors (Lipinski definition) is 0. The van der Waals surface area contributed by atoms with Crippen LogP contribution in [0.15, 0.2) is 56.5 Å². The van der Waals surface area contributed by atoms with Gasteiger partial charge >= 0.3 is 0 Å². The summed E-state index contributed by atoms with van der Waals surface area (Å²) in [5, 5.41) is 1.47. The molecule has 2 aromatic rings. The van der Waals surface area contributed by atoms with E-state index in [2.05, 4.69) is 4.40 Å². The second-order valence-electron chi connectivity index (χ2n) is 4.77. The average molecular weight is 366 g/mol. The molecule has 0 unspecified atom stereocenters. The summed E-state index contributed by atoms with van der Waals surface area (Å²) in [6.07, 6.45) is 0. The number of amides is 1. The third kappa shape index (κ3) is 3.19. The van der Waals surface area contributed by atoms with Crippen molar-refractivity contribution in [2.45, 2.75) is 16.4 Å². The number of benzene rings is 1. The highest BCUT2D eigenvalue weighted by molar-refractivity contribution is 8.15. The van der Waals surface area contributed by atoms with Crippen LogP contribution in [-0.2, 0) is 14.8 Å². The van der Waals surface area contributed by atoms with Crippen molar-refractivity contribution in [1.82, 2.24) is 4.90 Å². The van der Waals surface area contributed by atoms with E-state index in [1.54, 1.807) is 18.4 Å². The normalized spacial score (nSPS) is 20.4. The Labute approximate surface area is 143 Å². The summed E-state index contributed by atoms with van der Waals surface area (Å²) < 4.78 is 28.7. The maximum absolute atomic E-state index is 12.6. The van der Waals surface area contributed by atoms with Crippen molar-refractivity contribution in [3.8, 4) is 0 Å². The summed E-state index contributed by atoms with van der Waals surface area (Å²) in [7, 11) is -3.78. The van der Waals surface area contributed by atoms with Crippen molar-refractivity contribution in [3.63, 3.8) is 0 Å². The van der Waals surface area contributed by atoms with E-state index in [0.717, 1.165) is 16.9 Å². The van der Waals surface area contributed by atoms with E-state index in [4.69, 9.17) is 0 Å². The van der Waals surface area contributed by atoms with Crippen molar-refractivity contribution in [1.29, 1.82) is 0 Å². The Hall–Kier alpha value is -1.64. The van der Waals surface area contributed by atoms with Gasteiger partial charge in [-0.05, 0) is 23.9 Å². The fraction of sp³-hybridized carbons (Fsp3) is 0.200. The van der Waals surface area contributed by atoms with Crippen LogP contribution in [0.3, 0.4) is 0 Å². The molecule has 3 rings (SSSR count). The number of carbonyl (C=O) groups excluding carboxylic acids is 1. The molecule has 1 aliphatic rings. The minimum absolute atomic E-state index is 0.135. The van der Waals surface area contributed by atoms with Crippen LogP contribution in [0.2, 0.25) is 0 Å². The number of hydrogen-bond acceptors (Lipinski definition) is 5. The first-order valence-corrected chi connectivity index (χ1v) is 10.1. The first-order valence-electron chi connectivity index (χ1n) is 6.94. The maximum Gasteiger partial charge on any atom is 0.294 e. The van der Waals surface area contributed by atoms with Crippen LogP contribution in [0.5, 0.6) is 0 Å². The zero-order valence-electron chi connectivity index (χ0n) is 12.2. The molecular formula is C15H14N2O3S3. The van der Waals surface area contributed by atoms with Crippen LogP contribution in [0.1, 0.15) is 17.7 Å². The van der Waals surface area contributed by atoms with Crippen molar-refractivity contribution < 1.29 is 13.2 Å². The highest BCUT2D eigenvalue weighted by Crippen LogP contribution is 2.40. The molecule has 1 aliphatic heterocycles. The standard InChI is InChI=1S/C15H14N2O3S3/c1-2-17-14(18)13(11-7-4-3-5-8-11)22-15(17)16-23(19,20)12-9-6-10-21-12/h3-10,13H,2H2,1H3/t13-/m1/s1. The van der Waals surface area contributed by atoms with Gasteiger partial charge in [0.2, 0.25) is 5.91 Å². The van der Waals surface area contributed by atoms with Gasteiger partial charge in [0.25, 0.3) is 10.0 Å². The van der Waals surface area contributed by atoms with E-state index in [9.17, 15) is 13.2 Å². The molecule has 0 spiro atoms. The van der Waals surface area contributed by atoms with Crippen LogP contribution in [0, 0.1) is 0 Å². The van der Waals surface area contributed by atoms with Gasteiger partial charge in [0, 0.05) is 6.54 Å². The Morgan fingerprint density at radius 2 is 1.91 bits per heavy atom. The van der Waals surface area contributed by atoms with Gasteiger partial charge in [0.1, 0.15) is 9.46 Å². The quantitative estimate of drug-likeness (QED) is 0.834. The van der Waals surface area contributed by atoms with E-state index in [0.29, 0.717) is 6.54 Å². The lowest BCUT2D eigenvalue weighted by atomic mass is 10.1. The van der Waals surface area contributed by atoms with Gasteiger partial charge in [-0.15, -0.1) is 15.7 Å². The minimum Gasteiger partial charge on any atom is -0.290 e. The fourth-order valence-corrected chi connectivity index (χ4v) is 5.62. The molecule has 1 atom stereocenters. The number of rotatable bonds is 4. The predicted molar refractivity (Wildman–Crippen MR) is 93.1 cm³/mol. The lowest BCUT2D eigenvalue weighted by Crippen LogP contribution is -2.30. The Morgan fingerprint density at radius 3 is 2.52 bits per heavy atom. The SMILES string of the molecule is CCN1C(=O)[C@@H](c2ccccc2)SC1=NS(=O)(=O)c1cccs1. The zero-order chi connectivity index (χ0) is 16.4. The minimum atomic E-state index is -3.78. The molecule has 0 radical (unpaired) electrons. The molecule has 1 aromatic heterocycles. The molecule has 120 valence electrons. The summed E-state index contributed by atoms with van der Waals surface area (Å²) in [6.45, 7) is 2.19. The third-order valence-corrected chi connectivity index (χ3v) is 7.30. The number of thioether (sulfide) groups is 1. The van der Waals surface area contributed by atoms with Gasteiger partial charge in [0.05, 0.1) is 0 Å². The summed E-state index contributed by atoms with van der Waals surface area (Å²) in [5.41, 5.74) is 0.847. The van der Waals surface area contributed by atoms with E-state index in [1.807, 2.05) is 30.3 Å². The second-order valence-corrected chi connectivity index (χ2v) is 8.62. The number of nitrogens with zero attached hydrogens (tertiary/aromatic N) is 2. The Kier molecular flexibility index (Phi) is 4.56. The van der Waals surface area contributed by atoms with Gasteiger partial charge in [-0.2, -0.15) is 8.42 Å². The molecule has 0 aliphatic carbocycles. The molecule has 0 N–H and O–H groups in total. The summed E-state index contributed by atoms with van der Waals surface area (Å²) in [5.74, 6) is -0.135. The Balaban J connectivity index is 1.97. The van der Waals surface area contributed by atoms with E-state index in [-0.39, 0.29) is 15.3 Å². The van der Waals surface area contributed by atoms with Crippen molar-refractivity contribution in [2.75, 3.05) is 6.54 Å². The van der Waals surface area contributed by atoms with Gasteiger partial charge in [-0.3, -0.25) is 9.69 Å². The largest absolute Gasteiger partial charge is 0.294 e. The van der Waals surface area contributed by atoms with E-state index in [1.165, 1.54) is 22.7 Å². The lowest BCUT2D eigenvalue weighted by molar-refractivity contribution is -0.126. The lowest BCUT2D eigenvalue weighted by Gasteiger charge is -2.13. The number of thiophene rings is 1. The number of likely N-dealkylation sites (N-methyl/N-ethyl adjacent to an activating group) is 1. The highest BCUT2D eigenvalue weighted by atomic mass is 32.2. The third-order valence-electron chi connectivity index (χ3n) is 3.31. The smallest absolute Gasteiger partial charge is 0.290 e. The zero-order valence-corrected chi connectivity index (χ0v) is 14.7. The molecule has 23 heavy (non-hydrogen) atoms. The Bertz CT molecular complexity index is 830. The van der Waals surface area contributed by atoms with Gasteiger partial charge in [-0.1, -0.05) is 48.2 Å². The van der Waals surface area contributed by atoms with E-state index < -0.39 is 15.3 Å². The van der Waals surface area contributed by atoms with Crippen LogP contribution in [0.4, 0.5) is 0 Å².